The summed E-state index contributed by atoms with van der Waals surface area (Å²) in [5, 5.41) is 0. The van der Waals surface area contributed by atoms with Crippen molar-refractivity contribution in [1.29, 1.82) is 0 Å². The second-order valence-electron chi connectivity index (χ2n) is 3.89. The van der Waals surface area contributed by atoms with E-state index in [1.807, 2.05) is 0 Å². The predicted molar refractivity (Wildman–Crippen MR) is 39.1 cm³/mol. The van der Waals surface area contributed by atoms with Crippen molar-refractivity contribution in [3.05, 3.63) is 0 Å². The molecule has 2 rings (SSSR count). The van der Waals surface area contributed by atoms with Gasteiger partial charge >= 0.3 is 12.3 Å². The first-order chi connectivity index (χ1) is 6.43. The summed E-state index contributed by atoms with van der Waals surface area (Å²) in [5.74, 6) is -5.70. The van der Waals surface area contributed by atoms with E-state index in [9.17, 15) is 22.4 Å². The molecule has 0 spiro atoms. The van der Waals surface area contributed by atoms with Crippen LogP contribution in [-0.4, -0.2) is 36.2 Å². The van der Waals surface area contributed by atoms with E-state index < -0.39 is 18.3 Å². The summed E-state index contributed by atoms with van der Waals surface area (Å²) >= 11 is 0. The van der Waals surface area contributed by atoms with Crippen LogP contribution < -0.4 is 0 Å². The number of likely N-dealkylation sites (tertiary alicyclic amines) is 1. The van der Waals surface area contributed by atoms with Gasteiger partial charge in [-0.1, -0.05) is 0 Å². The van der Waals surface area contributed by atoms with Gasteiger partial charge in [-0.3, -0.25) is 4.79 Å². The van der Waals surface area contributed by atoms with Gasteiger partial charge in [0.2, 0.25) is 0 Å². The fraction of sp³-hybridized carbons (Fsp3) is 0.875. The molecular weight excluding hydrogens is 202 g/mol. The van der Waals surface area contributed by atoms with Crippen LogP contribution in [0.3, 0.4) is 0 Å². The third-order valence-corrected chi connectivity index (χ3v) is 2.83. The fourth-order valence-corrected chi connectivity index (χ4v) is 1.87. The van der Waals surface area contributed by atoms with Crippen LogP contribution in [0.5, 0.6) is 0 Å². The van der Waals surface area contributed by atoms with Gasteiger partial charge in [0.15, 0.2) is 0 Å². The van der Waals surface area contributed by atoms with Crippen molar-refractivity contribution in [1.82, 2.24) is 4.90 Å². The highest BCUT2D eigenvalue weighted by Gasteiger charge is 2.55. The van der Waals surface area contributed by atoms with Crippen LogP contribution in [0.4, 0.5) is 17.6 Å². The van der Waals surface area contributed by atoms with Crippen molar-refractivity contribution in [2.24, 2.45) is 11.8 Å². The third-order valence-electron chi connectivity index (χ3n) is 2.83. The lowest BCUT2D eigenvalue weighted by Crippen LogP contribution is -2.47. The molecule has 14 heavy (non-hydrogen) atoms. The highest BCUT2D eigenvalue weighted by atomic mass is 19.3. The molecule has 6 heteroatoms. The molecule has 0 radical (unpaired) electrons. The molecule has 0 N–H and O–H groups in total. The maximum Gasteiger partial charge on any atom is 0.383 e. The smallest absolute Gasteiger partial charge is 0.337 e. The molecule has 2 nitrogen and oxygen atoms in total. The minimum Gasteiger partial charge on any atom is -0.337 e. The van der Waals surface area contributed by atoms with Crippen LogP contribution in [0.25, 0.3) is 0 Å². The minimum atomic E-state index is -4.52. The van der Waals surface area contributed by atoms with Gasteiger partial charge in [0, 0.05) is 13.1 Å². The molecule has 1 aliphatic heterocycles. The summed E-state index contributed by atoms with van der Waals surface area (Å²) in [5.41, 5.74) is 0. The van der Waals surface area contributed by atoms with Gasteiger partial charge in [0.25, 0.3) is 5.91 Å². The molecule has 0 aromatic rings. The second-order valence-corrected chi connectivity index (χ2v) is 3.89. The van der Waals surface area contributed by atoms with Gasteiger partial charge in [0.05, 0.1) is 0 Å². The van der Waals surface area contributed by atoms with Gasteiger partial charge in [0.1, 0.15) is 0 Å². The Morgan fingerprint density at radius 2 is 1.79 bits per heavy atom. The number of fused-ring (bicyclic) bond motifs is 1. The van der Waals surface area contributed by atoms with E-state index in [4.69, 9.17) is 0 Å². The first kappa shape index (κ1) is 9.73. The molecule has 1 amide bonds. The monoisotopic (exact) mass is 211 g/mol. The normalized spacial score (nSPS) is 30.8. The largest absolute Gasteiger partial charge is 0.383 e. The zero-order chi connectivity index (χ0) is 10.5. The highest BCUT2D eigenvalue weighted by Crippen LogP contribution is 2.45. The Morgan fingerprint density at radius 3 is 2.21 bits per heavy atom. The number of halogens is 4. The maximum absolute atomic E-state index is 12.6. The average Bonchev–Trinajstić information content (AvgIpc) is 2.72. The molecule has 1 saturated carbocycles. The van der Waals surface area contributed by atoms with Crippen molar-refractivity contribution < 1.29 is 22.4 Å². The topological polar surface area (TPSA) is 20.3 Å². The van der Waals surface area contributed by atoms with Crippen molar-refractivity contribution in [3.8, 4) is 0 Å². The summed E-state index contributed by atoms with van der Waals surface area (Å²) in [6.45, 7) is 0.428. The van der Waals surface area contributed by atoms with E-state index in [0.29, 0.717) is 0 Å². The van der Waals surface area contributed by atoms with Crippen LogP contribution in [0.15, 0.2) is 0 Å². The Hall–Kier alpha value is -0.810. The van der Waals surface area contributed by atoms with Gasteiger partial charge in [-0.15, -0.1) is 0 Å². The SMILES string of the molecule is O=C(N1CC2CC2C1)C(F)(F)C(F)F. The second kappa shape index (κ2) is 2.84. The lowest BCUT2D eigenvalue weighted by Gasteiger charge is -2.23. The molecular formula is C8H9F4NO. The molecule has 1 saturated heterocycles. The van der Waals surface area contributed by atoms with E-state index in [1.165, 1.54) is 0 Å². The van der Waals surface area contributed by atoms with Crippen LogP contribution in [-0.2, 0) is 4.79 Å². The number of amides is 1. The first-order valence-corrected chi connectivity index (χ1v) is 4.38. The minimum absolute atomic E-state index is 0.214. The van der Waals surface area contributed by atoms with Gasteiger partial charge < -0.3 is 4.90 Å². The molecule has 80 valence electrons. The van der Waals surface area contributed by atoms with Crippen LogP contribution in [0.2, 0.25) is 0 Å². The number of nitrogens with zero attached hydrogens (tertiary/aromatic N) is 1. The van der Waals surface area contributed by atoms with E-state index in [1.54, 1.807) is 0 Å². The number of hydrogen-bond acceptors (Lipinski definition) is 1. The Morgan fingerprint density at radius 1 is 1.29 bits per heavy atom. The zero-order valence-corrected chi connectivity index (χ0v) is 7.22. The standard InChI is InChI=1S/C8H9F4NO/c9-6(10)8(11,12)7(14)13-2-4-1-5(4)3-13/h4-6H,1-3H2. The summed E-state index contributed by atoms with van der Waals surface area (Å²) in [4.78, 5) is 11.8. The fourth-order valence-electron chi connectivity index (χ4n) is 1.87. The van der Waals surface area contributed by atoms with Gasteiger partial charge in [-0.25, -0.2) is 8.78 Å². The van der Waals surface area contributed by atoms with Crippen LogP contribution >= 0.6 is 0 Å². The molecule has 1 aliphatic carbocycles. The van der Waals surface area contributed by atoms with Gasteiger partial charge in [-0.05, 0) is 18.3 Å². The van der Waals surface area contributed by atoms with Gasteiger partial charge in [-0.2, -0.15) is 8.78 Å². The van der Waals surface area contributed by atoms with E-state index >= 15 is 0 Å². The first-order valence-electron chi connectivity index (χ1n) is 4.38. The van der Waals surface area contributed by atoms with E-state index in [-0.39, 0.29) is 24.9 Å². The molecule has 2 atom stereocenters. The van der Waals surface area contributed by atoms with Crippen molar-refractivity contribution in [2.45, 2.75) is 18.8 Å². The van der Waals surface area contributed by atoms with Crippen molar-refractivity contribution in [3.63, 3.8) is 0 Å². The number of piperidine rings is 1. The number of carbonyl (C=O) groups is 1. The maximum atomic E-state index is 12.6. The third kappa shape index (κ3) is 1.36. The average molecular weight is 211 g/mol. The van der Waals surface area contributed by atoms with Crippen LogP contribution in [0, 0.1) is 11.8 Å². The Balaban J connectivity index is 2.00. The lowest BCUT2D eigenvalue weighted by atomic mass is 10.3. The summed E-state index contributed by atoms with van der Waals surface area (Å²) in [7, 11) is 0. The Kier molecular flexibility index (Phi) is 1.97. The molecule has 2 aliphatic rings. The van der Waals surface area contributed by atoms with E-state index in [2.05, 4.69) is 0 Å². The summed E-state index contributed by atoms with van der Waals surface area (Å²) < 4.78 is 48.8. The number of hydrogen-bond donors (Lipinski definition) is 0. The van der Waals surface area contributed by atoms with E-state index in [0.717, 1.165) is 11.3 Å². The quantitative estimate of drug-likeness (QED) is 0.631. The molecule has 2 unspecified atom stereocenters. The molecule has 1 heterocycles. The predicted octanol–water partition coefficient (Wildman–Crippen LogP) is 1.37. The molecule has 0 bridgehead atoms. The Bertz CT molecular complexity index is 258. The summed E-state index contributed by atoms with van der Waals surface area (Å²) in [6, 6.07) is 0. The Labute approximate surface area is 77.9 Å². The zero-order valence-electron chi connectivity index (χ0n) is 7.22. The number of rotatable bonds is 2. The number of alkyl halides is 4. The van der Waals surface area contributed by atoms with Crippen molar-refractivity contribution in [2.75, 3.05) is 13.1 Å². The lowest BCUT2D eigenvalue weighted by molar-refractivity contribution is -0.180. The summed E-state index contributed by atoms with van der Waals surface area (Å²) in [6.07, 6.45) is -2.98. The molecule has 0 aromatic carbocycles. The van der Waals surface area contributed by atoms with Crippen LogP contribution in [0.1, 0.15) is 6.42 Å². The molecule has 2 fully saturated rings. The highest BCUT2D eigenvalue weighted by molar-refractivity contribution is 5.84. The molecule has 0 aromatic heterocycles. The van der Waals surface area contributed by atoms with Crippen molar-refractivity contribution >= 4 is 5.91 Å². The number of carbonyl (C=O) groups excluding carboxylic acids is 1.